The number of hydrogen-bond acceptors (Lipinski definition) is 4. The van der Waals surface area contributed by atoms with Crippen LogP contribution < -0.4 is 10.5 Å². The molecule has 0 amide bonds. The third kappa shape index (κ3) is 2.93. The number of nitrogens with zero attached hydrogens (tertiary/aromatic N) is 1. The summed E-state index contributed by atoms with van der Waals surface area (Å²) in [7, 11) is 0. The Bertz CT molecular complexity index is 503. The Hall–Kier alpha value is -1.10. The first kappa shape index (κ1) is 13.6. The summed E-state index contributed by atoms with van der Waals surface area (Å²) in [5, 5.41) is 0. The van der Waals surface area contributed by atoms with E-state index in [0.717, 1.165) is 24.5 Å². The fourth-order valence-electron chi connectivity index (χ4n) is 3.45. The fourth-order valence-corrected chi connectivity index (χ4v) is 3.45. The Morgan fingerprint density at radius 3 is 3.05 bits per heavy atom. The van der Waals surface area contributed by atoms with Crippen molar-refractivity contribution in [3.8, 4) is 5.75 Å². The molecule has 21 heavy (non-hydrogen) atoms. The van der Waals surface area contributed by atoms with Gasteiger partial charge in [0, 0.05) is 12.6 Å². The predicted octanol–water partition coefficient (Wildman–Crippen LogP) is 2.09. The highest BCUT2D eigenvalue weighted by Crippen LogP contribution is 2.31. The van der Waals surface area contributed by atoms with E-state index < -0.39 is 0 Å². The molecule has 3 aliphatic rings. The smallest absolute Gasteiger partial charge is 0.120 e. The van der Waals surface area contributed by atoms with Gasteiger partial charge < -0.3 is 15.2 Å². The predicted molar refractivity (Wildman–Crippen MR) is 81.4 cm³/mol. The molecule has 4 nitrogen and oxygen atoms in total. The maximum Gasteiger partial charge on any atom is 0.120 e. The number of rotatable bonds is 4. The minimum absolute atomic E-state index is 0.0747. The van der Waals surface area contributed by atoms with E-state index in [0.29, 0.717) is 12.1 Å². The standard InChI is InChI=1S/C17H24N2O2/c18-17(16-10-19-8-2-4-13(19)11-20-16)12-3-1-5-15(9-12)21-14-6-7-14/h1,3,5,9,13-14,16-17H,2,4,6-8,10-11,18H2. The third-order valence-corrected chi connectivity index (χ3v) is 4.89. The van der Waals surface area contributed by atoms with Crippen molar-refractivity contribution in [3.05, 3.63) is 29.8 Å². The van der Waals surface area contributed by atoms with Gasteiger partial charge in [0.05, 0.1) is 24.9 Å². The largest absolute Gasteiger partial charge is 0.490 e. The molecule has 0 aromatic heterocycles. The minimum atomic E-state index is -0.0747. The van der Waals surface area contributed by atoms with Crippen LogP contribution in [0.2, 0.25) is 0 Å². The van der Waals surface area contributed by atoms with E-state index in [-0.39, 0.29) is 12.1 Å². The SMILES string of the molecule is NC(c1cccc(OC2CC2)c1)C1CN2CCCC2CO1. The summed E-state index contributed by atoms with van der Waals surface area (Å²) in [5.41, 5.74) is 7.58. The first-order valence-electron chi connectivity index (χ1n) is 8.17. The van der Waals surface area contributed by atoms with Crippen molar-refractivity contribution in [2.45, 2.75) is 50.0 Å². The summed E-state index contributed by atoms with van der Waals surface area (Å²) in [4.78, 5) is 2.54. The van der Waals surface area contributed by atoms with Gasteiger partial charge in [0.25, 0.3) is 0 Å². The quantitative estimate of drug-likeness (QED) is 0.921. The van der Waals surface area contributed by atoms with Gasteiger partial charge in [-0.25, -0.2) is 0 Å². The second-order valence-corrected chi connectivity index (χ2v) is 6.58. The van der Waals surface area contributed by atoms with Crippen LogP contribution >= 0.6 is 0 Å². The molecule has 3 unspecified atom stereocenters. The zero-order chi connectivity index (χ0) is 14.2. The highest BCUT2D eigenvalue weighted by atomic mass is 16.5. The van der Waals surface area contributed by atoms with E-state index >= 15 is 0 Å². The van der Waals surface area contributed by atoms with Crippen LogP contribution in [0.4, 0.5) is 0 Å². The fraction of sp³-hybridized carbons (Fsp3) is 0.647. The van der Waals surface area contributed by atoms with Crippen LogP contribution in [0.5, 0.6) is 5.75 Å². The highest BCUT2D eigenvalue weighted by Gasteiger charge is 2.35. The number of ether oxygens (including phenoxy) is 2. The van der Waals surface area contributed by atoms with Crippen LogP contribution in [0, 0.1) is 0 Å². The molecule has 2 N–H and O–H groups in total. The zero-order valence-corrected chi connectivity index (χ0v) is 12.4. The monoisotopic (exact) mass is 288 g/mol. The Morgan fingerprint density at radius 1 is 1.29 bits per heavy atom. The first-order chi connectivity index (χ1) is 10.3. The van der Waals surface area contributed by atoms with Crippen LogP contribution in [-0.4, -0.2) is 42.8 Å². The minimum Gasteiger partial charge on any atom is -0.490 e. The lowest BCUT2D eigenvalue weighted by Crippen LogP contribution is -2.49. The van der Waals surface area contributed by atoms with E-state index in [1.54, 1.807) is 0 Å². The van der Waals surface area contributed by atoms with E-state index in [1.165, 1.54) is 32.2 Å². The van der Waals surface area contributed by atoms with Gasteiger partial charge in [0.15, 0.2) is 0 Å². The van der Waals surface area contributed by atoms with Crippen LogP contribution in [0.3, 0.4) is 0 Å². The molecule has 1 aromatic rings. The van der Waals surface area contributed by atoms with Crippen LogP contribution in [0.1, 0.15) is 37.3 Å². The van der Waals surface area contributed by atoms with Crippen molar-refractivity contribution < 1.29 is 9.47 Å². The second kappa shape index (κ2) is 5.59. The molecule has 114 valence electrons. The topological polar surface area (TPSA) is 47.7 Å². The molecule has 2 heterocycles. The molecule has 1 saturated carbocycles. The highest BCUT2D eigenvalue weighted by molar-refractivity contribution is 5.31. The molecule has 1 aliphatic carbocycles. The zero-order valence-electron chi connectivity index (χ0n) is 12.4. The van der Waals surface area contributed by atoms with Gasteiger partial charge in [-0.1, -0.05) is 12.1 Å². The maximum absolute atomic E-state index is 6.46. The second-order valence-electron chi connectivity index (χ2n) is 6.58. The third-order valence-electron chi connectivity index (χ3n) is 4.89. The average molecular weight is 288 g/mol. The van der Waals surface area contributed by atoms with Gasteiger partial charge in [-0.05, 0) is 49.9 Å². The number of nitrogens with two attached hydrogens (primary N) is 1. The van der Waals surface area contributed by atoms with E-state index in [1.807, 2.05) is 12.1 Å². The lowest BCUT2D eigenvalue weighted by Gasteiger charge is -2.37. The van der Waals surface area contributed by atoms with Gasteiger partial charge in [-0.3, -0.25) is 4.90 Å². The molecule has 4 rings (SSSR count). The van der Waals surface area contributed by atoms with Gasteiger partial charge >= 0.3 is 0 Å². The van der Waals surface area contributed by atoms with E-state index in [4.69, 9.17) is 15.2 Å². The molecule has 3 atom stereocenters. The Balaban J connectivity index is 1.44. The maximum atomic E-state index is 6.46. The summed E-state index contributed by atoms with van der Waals surface area (Å²) in [5.74, 6) is 0.945. The van der Waals surface area contributed by atoms with Crippen molar-refractivity contribution in [2.24, 2.45) is 5.73 Å². The lowest BCUT2D eigenvalue weighted by atomic mass is 10.00. The van der Waals surface area contributed by atoms with Gasteiger partial charge in [0.1, 0.15) is 5.75 Å². The Labute approximate surface area is 126 Å². The molecule has 2 saturated heterocycles. The molecule has 0 radical (unpaired) electrons. The van der Waals surface area contributed by atoms with Crippen LogP contribution in [0.15, 0.2) is 24.3 Å². The summed E-state index contributed by atoms with van der Waals surface area (Å²) in [6.07, 6.45) is 5.44. The Kier molecular flexibility index (Phi) is 3.61. The molecular formula is C17H24N2O2. The van der Waals surface area contributed by atoms with Gasteiger partial charge in [-0.2, -0.15) is 0 Å². The summed E-state index contributed by atoms with van der Waals surface area (Å²) in [6, 6.07) is 8.78. The molecular weight excluding hydrogens is 264 g/mol. The average Bonchev–Trinajstić information content (AvgIpc) is 3.20. The summed E-state index contributed by atoms with van der Waals surface area (Å²) in [6.45, 7) is 2.98. The molecule has 0 spiro atoms. The van der Waals surface area contributed by atoms with Crippen LogP contribution in [-0.2, 0) is 4.74 Å². The first-order valence-corrected chi connectivity index (χ1v) is 8.17. The van der Waals surface area contributed by atoms with Crippen molar-refractivity contribution in [2.75, 3.05) is 19.7 Å². The summed E-state index contributed by atoms with van der Waals surface area (Å²) >= 11 is 0. The lowest BCUT2D eigenvalue weighted by molar-refractivity contribution is -0.0597. The van der Waals surface area contributed by atoms with Crippen molar-refractivity contribution in [1.29, 1.82) is 0 Å². The van der Waals surface area contributed by atoms with Crippen molar-refractivity contribution in [3.63, 3.8) is 0 Å². The van der Waals surface area contributed by atoms with E-state index in [2.05, 4.69) is 17.0 Å². The van der Waals surface area contributed by atoms with Gasteiger partial charge in [0.2, 0.25) is 0 Å². The molecule has 1 aromatic carbocycles. The molecule has 2 aliphatic heterocycles. The van der Waals surface area contributed by atoms with Gasteiger partial charge in [-0.15, -0.1) is 0 Å². The number of benzene rings is 1. The number of fused-ring (bicyclic) bond motifs is 1. The molecule has 0 bridgehead atoms. The normalized spacial score (nSPS) is 30.9. The number of hydrogen-bond donors (Lipinski definition) is 1. The van der Waals surface area contributed by atoms with E-state index in [9.17, 15) is 0 Å². The molecule has 3 fully saturated rings. The number of morpholine rings is 1. The van der Waals surface area contributed by atoms with Crippen LogP contribution in [0.25, 0.3) is 0 Å². The summed E-state index contributed by atoms with van der Waals surface area (Å²) < 4.78 is 11.9. The van der Waals surface area contributed by atoms with Crippen molar-refractivity contribution in [1.82, 2.24) is 4.90 Å². The van der Waals surface area contributed by atoms with Crippen molar-refractivity contribution >= 4 is 0 Å². The molecule has 4 heteroatoms. The Morgan fingerprint density at radius 2 is 2.19 bits per heavy atom.